The number of hydrogen-bond acceptors (Lipinski definition) is 3. The van der Waals surface area contributed by atoms with Crippen molar-refractivity contribution in [3.8, 4) is 0 Å². The molecule has 0 aromatic carbocycles. The van der Waals surface area contributed by atoms with Crippen molar-refractivity contribution in [1.29, 1.82) is 0 Å². The Morgan fingerprint density at radius 3 is 2.06 bits per heavy atom. The monoisotopic (exact) mass is 486 g/mol. The number of carbonyl (C=O) groups is 2. The fourth-order valence-corrected chi connectivity index (χ4v) is 11.8. The van der Waals surface area contributed by atoms with Crippen molar-refractivity contribution in [3.05, 3.63) is 12.2 Å². The van der Waals surface area contributed by atoms with Crippen LogP contribution in [0.2, 0.25) is 0 Å². The van der Waals surface area contributed by atoms with Crippen LogP contribution in [0.4, 0.5) is 0 Å². The van der Waals surface area contributed by atoms with E-state index in [2.05, 4.69) is 48.1 Å². The molecule has 0 aromatic heterocycles. The standard InChI is InChI=1S/C30H46O5/c1-16(2)17-10-13-30(25(34)35)15-14-27(5)18(21(17)30)8-9-20-28(27,6)12-11-19-26(3,4)23(31)22(24(32)33)29(19,20)7/h17-23,31H,1,8-15H2,2-7H3,(H,32,33)(H,34,35)/t17-,18+,19-,20-,21+,22+,23-,27+,28+,29-,30-/m0/s1. The summed E-state index contributed by atoms with van der Waals surface area (Å²) in [6.45, 7) is 17.5. The van der Waals surface area contributed by atoms with Gasteiger partial charge in [0.2, 0.25) is 0 Å². The van der Waals surface area contributed by atoms with Crippen molar-refractivity contribution in [2.75, 3.05) is 0 Å². The Labute approximate surface area is 210 Å². The third kappa shape index (κ3) is 2.75. The zero-order chi connectivity index (χ0) is 25.9. The van der Waals surface area contributed by atoms with Gasteiger partial charge in [-0.2, -0.15) is 0 Å². The summed E-state index contributed by atoms with van der Waals surface area (Å²) in [7, 11) is 0. The topological polar surface area (TPSA) is 94.8 Å². The van der Waals surface area contributed by atoms with Gasteiger partial charge in [-0.05, 0) is 110 Å². The highest BCUT2D eigenvalue weighted by Gasteiger charge is 2.75. The summed E-state index contributed by atoms with van der Waals surface area (Å²) < 4.78 is 0. The molecule has 0 radical (unpaired) electrons. The number of allylic oxidation sites excluding steroid dienone is 1. The van der Waals surface area contributed by atoms with Gasteiger partial charge in [0, 0.05) is 0 Å². The molecule has 0 unspecified atom stereocenters. The highest BCUT2D eigenvalue weighted by molar-refractivity contribution is 5.76. The second-order valence-corrected chi connectivity index (χ2v) is 14.6. The SMILES string of the molecule is C=C(C)[C@@H]1CC[C@]2(C(=O)O)CC[C@]3(C)[C@H](CC[C@@H]4[C@@]5(C)[C@@H](C(=O)O)[C@H](O)C(C)(C)[C@@H]5CC[C@]43C)[C@@H]12. The molecule has 0 heterocycles. The molecule has 0 spiro atoms. The first-order valence-electron chi connectivity index (χ1n) is 13.9. The molecule has 5 nitrogen and oxygen atoms in total. The molecule has 11 atom stereocenters. The largest absolute Gasteiger partial charge is 0.481 e. The molecule has 5 heteroatoms. The molecule has 3 N–H and O–H groups in total. The average Bonchev–Trinajstić information content (AvgIpc) is 3.21. The summed E-state index contributed by atoms with van der Waals surface area (Å²) in [5.41, 5.74) is -0.558. The maximum absolute atomic E-state index is 12.8. The number of fused-ring (bicyclic) bond motifs is 7. The van der Waals surface area contributed by atoms with Gasteiger partial charge in [-0.1, -0.05) is 46.8 Å². The van der Waals surface area contributed by atoms with E-state index in [9.17, 15) is 24.9 Å². The lowest BCUT2D eigenvalue weighted by Gasteiger charge is -2.70. The van der Waals surface area contributed by atoms with Crippen molar-refractivity contribution in [3.63, 3.8) is 0 Å². The van der Waals surface area contributed by atoms with Crippen LogP contribution in [-0.2, 0) is 9.59 Å². The Morgan fingerprint density at radius 1 is 0.829 bits per heavy atom. The average molecular weight is 487 g/mol. The van der Waals surface area contributed by atoms with Crippen molar-refractivity contribution in [2.24, 2.45) is 62.6 Å². The number of hydrogen-bond donors (Lipinski definition) is 3. The molecule has 0 amide bonds. The molecular weight excluding hydrogens is 440 g/mol. The molecule has 5 fully saturated rings. The van der Waals surface area contributed by atoms with Crippen LogP contribution in [-0.4, -0.2) is 33.4 Å². The zero-order valence-corrected chi connectivity index (χ0v) is 22.6. The summed E-state index contributed by atoms with van der Waals surface area (Å²) >= 11 is 0. The summed E-state index contributed by atoms with van der Waals surface area (Å²) in [6.07, 6.45) is 6.24. The zero-order valence-electron chi connectivity index (χ0n) is 22.6. The molecule has 5 aliphatic carbocycles. The van der Waals surface area contributed by atoms with E-state index < -0.39 is 40.2 Å². The molecule has 5 aliphatic rings. The van der Waals surface area contributed by atoms with Crippen LogP contribution >= 0.6 is 0 Å². The van der Waals surface area contributed by atoms with Crippen molar-refractivity contribution >= 4 is 11.9 Å². The molecule has 35 heavy (non-hydrogen) atoms. The Morgan fingerprint density at radius 2 is 1.49 bits per heavy atom. The van der Waals surface area contributed by atoms with Gasteiger partial charge in [0.25, 0.3) is 0 Å². The molecular formula is C30H46O5. The van der Waals surface area contributed by atoms with E-state index in [-0.39, 0.29) is 34.5 Å². The van der Waals surface area contributed by atoms with E-state index in [1.165, 1.54) is 0 Å². The molecule has 5 saturated carbocycles. The van der Waals surface area contributed by atoms with Gasteiger partial charge in [-0.25, -0.2) is 0 Å². The second-order valence-electron chi connectivity index (χ2n) is 14.6. The van der Waals surface area contributed by atoms with Crippen LogP contribution < -0.4 is 0 Å². The van der Waals surface area contributed by atoms with Crippen LogP contribution in [0.1, 0.15) is 92.9 Å². The van der Waals surface area contributed by atoms with Crippen molar-refractivity contribution < 1.29 is 24.9 Å². The lowest BCUT2D eigenvalue weighted by molar-refractivity contribution is -0.228. The fraction of sp³-hybridized carbons (Fsp3) is 0.867. The highest BCUT2D eigenvalue weighted by Crippen LogP contribution is 2.79. The molecule has 0 aliphatic heterocycles. The maximum Gasteiger partial charge on any atom is 0.309 e. The Balaban J connectivity index is 1.62. The number of carboxylic acids is 2. The molecule has 0 saturated heterocycles. The van der Waals surface area contributed by atoms with Gasteiger partial charge in [0.15, 0.2) is 0 Å². The van der Waals surface area contributed by atoms with Crippen molar-refractivity contribution in [2.45, 2.75) is 99.0 Å². The smallest absolute Gasteiger partial charge is 0.309 e. The maximum atomic E-state index is 12.8. The lowest BCUT2D eigenvalue weighted by atomic mass is 9.34. The van der Waals surface area contributed by atoms with Gasteiger partial charge < -0.3 is 15.3 Å². The third-order valence-electron chi connectivity index (χ3n) is 13.6. The first kappa shape index (κ1) is 25.3. The predicted molar refractivity (Wildman–Crippen MR) is 135 cm³/mol. The summed E-state index contributed by atoms with van der Waals surface area (Å²) in [5, 5.41) is 32.2. The van der Waals surface area contributed by atoms with Gasteiger partial charge in [0.1, 0.15) is 0 Å². The Bertz CT molecular complexity index is 970. The minimum atomic E-state index is -0.862. The molecule has 196 valence electrons. The summed E-state index contributed by atoms with van der Waals surface area (Å²) in [4.78, 5) is 25.4. The fourth-order valence-electron chi connectivity index (χ4n) is 11.8. The van der Waals surface area contributed by atoms with Gasteiger partial charge in [-0.3, -0.25) is 9.59 Å². The van der Waals surface area contributed by atoms with Crippen LogP contribution in [0.3, 0.4) is 0 Å². The van der Waals surface area contributed by atoms with Gasteiger partial charge in [-0.15, -0.1) is 0 Å². The van der Waals surface area contributed by atoms with Crippen LogP contribution in [0, 0.1) is 62.6 Å². The van der Waals surface area contributed by atoms with Crippen LogP contribution in [0.25, 0.3) is 0 Å². The van der Waals surface area contributed by atoms with Gasteiger partial charge >= 0.3 is 11.9 Å². The predicted octanol–water partition coefficient (Wildman–Crippen LogP) is 6.01. The van der Waals surface area contributed by atoms with E-state index in [1.807, 2.05) is 0 Å². The Hall–Kier alpha value is -1.36. The minimum absolute atomic E-state index is 0.0493. The number of aliphatic carboxylic acids is 2. The Kier molecular flexibility index (Phi) is 5.32. The number of carboxylic acid groups (broad SMARTS) is 2. The van der Waals surface area contributed by atoms with E-state index in [4.69, 9.17) is 0 Å². The quantitative estimate of drug-likeness (QED) is 0.425. The van der Waals surface area contributed by atoms with E-state index in [1.54, 1.807) is 0 Å². The number of aliphatic hydroxyl groups excluding tert-OH is 1. The second kappa shape index (κ2) is 7.36. The first-order chi connectivity index (χ1) is 16.1. The summed E-state index contributed by atoms with van der Waals surface area (Å²) in [5.74, 6) is -1.21. The van der Waals surface area contributed by atoms with Crippen molar-refractivity contribution in [1.82, 2.24) is 0 Å². The lowest BCUT2D eigenvalue weighted by Crippen LogP contribution is -2.65. The molecule has 0 aromatic rings. The minimum Gasteiger partial charge on any atom is -0.481 e. The van der Waals surface area contributed by atoms with Crippen LogP contribution in [0.15, 0.2) is 12.2 Å². The van der Waals surface area contributed by atoms with E-state index >= 15 is 0 Å². The normalized spacial score (nSPS) is 54.2. The highest BCUT2D eigenvalue weighted by atomic mass is 16.4. The van der Waals surface area contributed by atoms with Crippen LogP contribution in [0.5, 0.6) is 0 Å². The number of rotatable bonds is 3. The number of aliphatic hydroxyl groups is 1. The first-order valence-corrected chi connectivity index (χ1v) is 13.9. The van der Waals surface area contributed by atoms with Gasteiger partial charge in [0.05, 0.1) is 17.4 Å². The third-order valence-corrected chi connectivity index (χ3v) is 13.6. The summed E-state index contributed by atoms with van der Waals surface area (Å²) in [6, 6.07) is 0. The molecule has 5 rings (SSSR count). The van der Waals surface area contributed by atoms with E-state index in [0.717, 1.165) is 50.5 Å². The van der Waals surface area contributed by atoms with E-state index in [0.29, 0.717) is 12.3 Å². The molecule has 0 bridgehead atoms.